The van der Waals surface area contributed by atoms with Gasteiger partial charge in [0.25, 0.3) is 0 Å². The summed E-state index contributed by atoms with van der Waals surface area (Å²) in [5, 5.41) is 1.49. The summed E-state index contributed by atoms with van der Waals surface area (Å²) in [6.45, 7) is 5.97. The molecule has 0 bridgehead atoms. The van der Waals surface area contributed by atoms with E-state index in [1.807, 2.05) is 36.4 Å². The Morgan fingerprint density at radius 1 is 0.788 bits per heavy atom. The number of rotatable bonds is 7. The van der Waals surface area contributed by atoms with Crippen molar-refractivity contribution in [1.29, 1.82) is 0 Å². The molecule has 0 nitrogen and oxygen atoms in total. The highest BCUT2D eigenvalue weighted by atomic mass is 19.1. The fourth-order valence-corrected chi connectivity index (χ4v) is 3.98. The molecule has 4 aromatic rings. The van der Waals surface area contributed by atoms with Gasteiger partial charge in [0, 0.05) is 10.9 Å². The quantitative estimate of drug-likeness (QED) is 0.203. The van der Waals surface area contributed by atoms with Gasteiger partial charge in [-0.3, -0.25) is 0 Å². The Kier molecular flexibility index (Phi) is 7.38. The molecule has 0 aliphatic heterocycles. The van der Waals surface area contributed by atoms with Crippen LogP contribution in [0.3, 0.4) is 0 Å². The second-order valence-electron chi connectivity index (χ2n) is 8.44. The van der Waals surface area contributed by atoms with Crippen LogP contribution in [0.25, 0.3) is 21.9 Å². The summed E-state index contributed by atoms with van der Waals surface area (Å²) in [4.78, 5) is 0. The van der Waals surface area contributed by atoms with Gasteiger partial charge in [0.15, 0.2) is 0 Å². The second-order valence-corrected chi connectivity index (χ2v) is 8.44. The molecule has 0 atom stereocenters. The highest BCUT2D eigenvalue weighted by Crippen LogP contribution is 2.28. The molecule has 164 valence electrons. The summed E-state index contributed by atoms with van der Waals surface area (Å²) in [7, 11) is 0. The van der Waals surface area contributed by atoms with Gasteiger partial charge in [0.05, 0.1) is 5.56 Å². The molecular weight excluding hydrogens is 403 g/mol. The van der Waals surface area contributed by atoms with Crippen molar-refractivity contribution in [2.75, 3.05) is 0 Å². The second kappa shape index (κ2) is 10.8. The van der Waals surface area contributed by atoms with E-state index in [4.69, 9.17) is 0 Å². The zero-order chi connectivity index (χ0) is 23.0. The van der Waals surface area contributed by atoms with Crippen LogP contribution < -0.4 is 0 Å². The monoisotopic (exact) mass is 432 g/mol. The van der Waals surface area contributed by atoms with Gasteiger partial charge in [-0.1, -0.05) is 85.9 Å². The molecule has 1 heteroatoms. The van der Waals surface area contributed by atoms with Crippen molar-refractivity contribution in [3.63, 3.8) is 0 Å². The van der Waals surface area contributed by atoms with Crippen LogP contribution >= 0.6 is 0 Å². The normalized spacial score (nSPS) is 10.6. The molecule has 33 heavy (non-hydrogen) atoms. The van der Waals surface area contributed by atoms with Crippen molar-refractivity contribution in [3.05, 3.63) is 120 Å². The number of unbranched alkanes of at least 4 members (excludes halogenated alkanes) is 1. The molecule has 0 amide bonds. The molecule has 0 heterocycles. The van der Waals surface area contributed by atoms with E-state index in [1.165, 1.54) is 24.0 Å². The van der Waals surface area contributed by atoms with E-state index in [2.05, 4.69) is 67.8 Å². The maximum absolute atomic E-state index is 15.2. The summed E-state index contributed by atoms with van der Waals surface area (Å²) < 4.78 is 15.2. The number of halogens is 1. The number of allylic oxidation sites excluding steroid dienone is 1. The van der Waals surface area contributed by atoms with Gasteiger partial charge in [0.2, 0.25) is 0 Å². The Labute approximate surface area is 196 Å². The van der Waals surface area contributed by atoms with E-state index in [0.717, 1.165) is 41.3 Å². The Bertz CT molecular complexity index is 1300. The molecule has 4 aromatic carbocycles. The maximum Gasteiger partial charge on any atom is 0.146 e. The van der Waals surface area contributed by atoms with Gasteiger partial charge < -0.3 is 0 Å². The molecule has 0 aliphatic carbocycles. The first-order chi connectivity index (χ1) is 16.2. The van der Waals surface area contributed by atoms with Gasteiger partial charge in [-0.05, 0) is 77.6 Å². The topological polar surface area (TPSA) is 0 Å². The molecule has 0 unspecified atom stereocenters. The minimum atomic E-state index is -0.260. The Hall–Kier alpha value is -3.63. The van der Waals surface area contributed by atoms with Crippen LogP contribution in [0.15, 0.2) is 91.5 Å². The summed E-state index contributed by atoms with van der Waals surface area (Å²) in [5.74, 6) is 5.85. The van der Waals surface area contributed by atoms with Crippen molar-refractivity contribution in [2.45, 2.75) is 39.0 Å². The first kappa shape index (κ1) is 22.6. The summed E-state index contributed by atoms with van der Waals surface area (Å²) in [6.07, 6.45) is 7.38. The SMILES string of the molecule is C=CCCc1ccc(C#Cc2ccc3cc(-c4ccc(CCCC)cc4)ccc3c2F)cc1. The van der Waals surface area contributed by atoms with Crippen LogP contribution in [-0.2, 0) is 12.8 Å². The van der Waals surface area contributed by atoms with Crippen molar-refractivity contribution in [1.82, 2.24) is 0 Å². The molecule has 4 rings (SSSR count). The average Bonchev–Trinajstić information content (AvgIpc) is 2.86. The van der Waals surface area contributed by atoms with Gasteiger partial charge in [-0.15, -0.1) is 6.58 Å². The third kappa shape index (κ3) is 5.60. The number of hydrogen-bond donors (Lipinski definition) is 0. The van der Waals surface area contributed by atoms with Crippen LogP contribution in [0, 0.1) is 17.7 Å². The smallest absolute Gasteiger partial charge is 0.146 e. The lowest BCUT2D eigenvalue weighted by atomic mass is 9.98. The van der Waals surface area contributed by atoms with Crippen LogP contribution in [0.2, 0.25) is 0 Å². The highest BCUT2D eigenvalue weighted by Gasteiger charge is 2.08. The molecule has 0 saturated carbocycles. The molecule has 0 N–H and O–H groups in total. The Morgan fingerprint density at radius 3 is 2.21 bits per heavy atom. The van der Waals surface area contributed by atoms with Crippen molar-refractivity contribution in [3.8, 4) is 23.0 Å². The maximum atomic E-state index is 15.2. The minimum absolute atomic E-state index is 0.260. The lowest BCUT2D eigenvalue weighted by Crippen LogP contribution is -1.89. The third-order valence-electron chi connectivity index (χ3n) is 5.99. The summed E-state index contributed by atoms with van der Waals surface area (Å²) in [6, 6.07) is 26.5. The molecule has 0 fully saturated rings. The van der Waals surface area contributed by atoms with E-state index in [9.17, 15) is 0 Å². The Morgan fingerprint density at radius 2 is 1.48 bits per heavy atom. The van der Waals surface area contributed by atoms with Gasteiger partial charge in [0.1, 0.15) is 5.82 Å². The first-order valence-corrected chi connectivity index (χ1v) is 11.7. The van der Waals surface area contributed by atoms with E-state index in [-0.39, 0.29) is 5.82 Å². The fourth-order valence-electron chi connectivity index (χ4n) is 3.98. The van der Waals surface area contributed by atoms with Gasteiger partial charge in [-0.25, -0.2) is 4.39 Å². The molecule has 0 radical (unpaired) electrons. The van der Waals surface area contributed by atoms with E-state index >= 15 is 4.39 Å². The number of hydrogen-bond acceptors (Lipinski definition) is 0. The minimum Gasteiger partial charge on any atom is -0.205 e. The van der Waals surface area contributed by atoms with E-state index in [1.54, 1.807) is 6.07 Å². The number of fused-ring (bicyclic) bond motifs is 1. The zero-order valence-corrected chi connectivity index (χ0v) is 19.2. The zero-order valence-electron chi connectivity index (χ0n) is 19.2. The van der Waals surface area contributed by atoms with Crippen LogP contribution in [-0.4, -0.2) is 0 Å². The third-order valence-corrected chi connectivity index (χ3v) is 5.99. The molecule has 0 saturated heterocycles. The van der Waals surface area contributed by atoms with Crippen molar-refractivity contribution < 1.29 is 4.39 Å². The predicted octanol–water partition coefficient (Wildman–Crippen LogP) is 8.51. The van der Waals surface area contributed by atoms with E-state index in [0.29, 0.717) is 10.9 Å². The largest absolute Gasteiger partial charge is 0.205 e. The van der Waals surface area contributed by atoms with Crippen molar-refractivity contribution in [2.24, 2.45) is 0 Å². The van der Waals surface area contributed by atoms with Crippen LogP contribution in [0.4, 0.5) is 4.39 Å². The standard InChI is InChI=1S/C32H29F/c1-3-5-7-24-9-11-26(12-10-24)15-18-28-19-20-30-23-29(21-22-31(30)32(28)33)27-16-13-25(14-17-27)8-6-4-2/h3,9-14,16-17,19-23H,1,4-8H2,2H3. The molecular formula is C32H29F. The highest BCUT2D eigenvalue weighted by molar-refractivity contribution is 5.89. The first-order valence-electron chi connectivity index (χ1n) is 11.7. The lowest BCUT2D eigenvalue weighted by molar-refractivity contribution is 0.636. The van der Waals surface area contributed by atoms with Crippen LogP contribution in [0.5, 0.6) is 0 Å². The summed E-state index contributed by atoms with van der Waals surface area (Å²) >= 11 is 0. The number of benzene rings is 4. The molecule has 0 aromatic heterocycles. The molecule has 0 aliphatic rings. The molecule has 0 spiro atoms. The summed E-state index contributed by atoms with van der Waals surface area (Å²) in [5.41, 5.74) is 6.17. The van der Waals surface area contributed by atoms with Crippen LogP contribution in [0.1, 0.15) is 48.4 Å². The fraction of sp³-hybridized carbons (Fsp3) is 0.188. The van der Waals surface area contributed by atoms with E-state index < -0.39 is 0 Å². The predicted molar refractivity (Wildman–Crippen MR) is 139 cm³/mol. The lowest BCUT2D eigenvalue weighted by Gasteiger charge is -2.07. The van der Waals surface area contributed by atoms with Gasteiger partial charge in [-0.2, -0.15) is 0 Å². The Balaban J connectivity index is 1.55. The van der Waals surface area contributed by atoms with Crippen molar-refractivity contribution >= 4 is 10.8 Å². The average molecular weight is 433 g/mol. The number of aryl methyl sites for hydroxylation is 2. The van der Waals surface area contributed by atoms with Gasteiger partial charge >= 0.3 is 0 Å².